The van der Waals surface area contributed by atoms with Crippen LogP contribution >= 0.6 is 0 Å². The van der Waals surface area contributed by atoms with Crippen LogP contribution in [0.5, 0.6) is 0 Å². The molecule has 0 aromatic carbocycles. The summed E-state index contributed by atoms with van der Waals surface area (Å²) in [7, 11) is 0. The molecule has 2 N–H and O–H groups in total. The van der Waals surface area contributed by atoms with Gasteiger partial charge in [0.15, 0.2) is 0 Å². The maximum atomic E-state index is 12.0. The maximum absolute atomic E-state index is 12.0. The fraction of sp³-hybridized carbons (Fsp3) is 0.917. The zero-order chi connectivity index (χ0) is 12.4. The minimum Gasteiger partial charge on any atom is -0.388 e. The molecular weight excluding hydrogens is 206 g/mol. The molecule has 94 valence electrons. The Labute approximate surface area is 97.4 Å². The van der Waals surface area contributed by atoms with Crippen LogP contribution in [0.2, 0.25) is 0 Å². The van der Waals surface area contributed by atoms with Crippen LogP contribution in [0, 0.1) is 5.92 Å². The van der Waals surface area contributed by atoms with Gasteiger partial charge in [-0.05, 0) is 40.5 Å². The summed E-state index contributed by atoms with van der Waals surface area (Å²) in [5, 5.41) is 12.8. The van der Waals surface area contributed by atoms with Gasteiger partial charge in [0.25, 0.3) is 0 Å². The zero-order valence-electron chi connectivity index (χ0n) is 10.7. The molecule has 1 unspecified atom stereocenters. The predicted octanol–water partition coefficient (Wildman–Crippen LogP) is 1.08. The largest absolute Gasteiger partial charge is 0.388 e. The first kappa shape index (κ1) is 13.5. The fourth-order valence-corrected chi connectivity index (χ4v) is 1.51. The van der Waals surface area contributed by atoms with Crippen LogP contribution in [0.25, 0.3) is 0 Å². The highest BCUT2D eigenvalue weighted by Crippen LogP contribution is 2.22. The molecule has 1 aliphatic heterocycles. The van der Waals surface area contributed by atoms with E-state index in [1.54, 1.807) is 13.8 Å². The first-order valence-corrected chi connectivity index (χ1v) is 5.86. The second-order valence-corrected chi connectivity index (χ2v) is 5.59. The van der Waals surface area contributed by atoms with Crippen LogP contribution in [0.3, 0.4) is 0 Å². The van der Waals surface area contributed by atoms with Gasteiger partial charge in [-0.1, -0.05) is 0 Å². The number of hydrogen-bond donors (Lipinski definition) is 2. The lowest BCUT2D eigenvalue weighted by Crippen LogP contribution is -2.59. The molecule has 1 amide bonds. The second kappa shape index (κ2) is 4.72. The summed E-state index contributed by atoms with van der Waals surface area (Å²) in [4.78, 5) is 12.0. The van der Waals surface area contributed by atoms with Gasteiger partial charge in [-0.15, -0.1) is 0 Å². The summed E-state index contributed by atoms with van der Waals surface area (Å²) in [5.74, 6) is -0.0952. The van der Waals surface area contributed by atoms with Crippen LogP contribution in [0.1, 0.15) is 40.5 Å². The predicted molar refractivity (Wildman–Crippen MR) is 62.1 cm³/mol. The monoisotopic (exact) mass is 229 g/mol. The van der Waals surface area contributed by atoms with Crippen molar-refractivity contribution in [2.45, 2.75) is 51.7 Å². The molecule has 1 saturated heterocycles. The molecule has 1 atom stereocenters. The lowest BCUT2D eigenvalue weighted by Gasteiger charge is -2.39. The van der Waals surface area contributed by atoms with Gasteiger partial charge in [0.2, 0.25) is 5.91 Å². The molecule has 1 rings (SSSR count). The highest BCUT2D eigenvalue weighted by atomic mass is 16.5. The van der Waals surface area contributed by atoms with Gasteiger partial charge in [0, 0.05) is 6.61 Å². The average Bonchev–Trinajstić information content (AvgIpc) is 2.16. The van der Waals surface area contributed by atoms with Crippen molar-refractivity contribution in [2.24, 2.45) is 5.92 Å². The Morgan fingerprint density at radius 2 is 2.00 bits per heavy atom. The molecule has 1 heterocycles. The number of carbonyl (C=O) groups excluding carboxylic acids is 1. The fourth-order valence-electron chi connectivity index (χ4n) is 1.51. The molecule has 0 aromatic heterocycles. The van der Waals surface area contributed by atoms with Crippen molar-refractivity contribution in [3.05, 3.63) is 0 Å². The molecule has 4 nitrogen and oxygen atoms in total. The summed E-state index contributed by atoms with van der Waals surface area (Å²) in [5.41, 5.74) is -1.58. The number of hydrogen-bond acceptors (Lipinski definition) is 3. The van der Waals surface area contributed by atoms with Gasteiger partial charge in [0.05, 0.1) is 23.7 Å². The van der Waals surface area contributed by atoms with Crippen molar-refractivity contribution in [1.82, 2.24) is 5.32 Å². The van der Waals surface area contributed by atoms with E-state index in [9.17, 15) is 9.90 Å². The van der Waals surface area contributed by atoms with Gasteiger partial charge in [0.1, 0.15) is 0 Å². The van der Waals surface area contributed by atoms with Gasteiger partial charge in [-0.25, -0.2) is 0 Å². The molecule has 0 saturated carbocycles. The maximum Gasteiger partial charge on any atom is 0.225 e. The third-order valence-electron chi connectivity index (χ3n) is 3.50. The van der Waals surface area contributed by atoms with Gasteiger partial charge in [-0.3, -0.25) is 4.79 Å². The van der Waals surface area contributed by atoms with Crippen molar-refractivity contribution in [3.63, 3.8) is 0 Å². The number of nitrogens with one attached hydrogen (secondary N) is 1. The summed E-state index contributed by atoms with van der Waals surface area (Å²) in [6.07, 6.45) is 1.80. The number of ether oxygens (including phenoxy) is 1. The molecule has 0 spiro atoms. The van der Waals surface area contributed by atoms with Crippen LogP contribution < -0.4 is 5.32 Å². The van der Waals surface area contributed by atoms with Crippen molar-refractivity contribution in [3.8, 4) is 0 Å². The van der Waals surface area contributed by atoms with Crippen LogP contribution in [-0.4, -0.2) is 35.4 Å². The van der Waals surface area contributed by atoms with Crippen LogP contribution in [0.4, 0.5) is 0 Å². The van der Waals surface area contributed by atoms with Crippen LogP contribution in [-0.2, 0) is 9.53 Å². The lowest BCUT2D eigenvalue weighted by molar-refractivity contribution is -0.134. The number of rotatable bonds is 3. The highest BCUT2D eigenvalue weighted by Gasteiger charge is 2.37. The van der Waals surface area contributed by atoms with E-state index in [0.29, 0.717) is 6.61 Å². The second-order valence-electron chi connectivity index (χ2n) is 5.59. The van der Waals surface area contributed by atoms with E-state index in [1.165, 1.54) is 0 Å². The number of aliphatic hydroxyl groups is 1. The normalized spacial score (nSPS) is 22.9. The van der Waals surface area contributed by atoms with E-state index in [1.807, 2.05) is 13.8 Å². The Kier molecular flexibility index (Phi) is 3.97. The molecule has 0 aromatic rings. The molecule has 16 heavy (non-hydrogen) atoms. The van der Waals surface area contributed by atoms with Crippen LogP contribution in [0.15, 0.2) is 0 Å². The van der Waals surface area contributed by atoms with E-state index in [-0.39, 0.29) is 11.8 Å². The zero-order valence-corrected chi connectivity index (χ0v) is 10.7. The van der Waals surface area contributed by atoms with E-state index in [4.69, 9.17) is 4.74 Å². The Hall–Kier alpha value is -0.610. The van der Waals surface area contributed by atoms with Gasteiger partial charge < -0.3 is 15.2 Å². The number of amides is 1. The molecule has 1 fully saturated rings. The lowest BCUT2D eigenvalue weighted by atomic mass is 9.85. The van der Waals surface area contributed by atoms with Crippen molar-refractivity contribution < 1.29 is 14.6 Å². The Morgan fingerprint density at radius 3 is 2.44 bits per heavy atom. The SMILES string of the molecule is CC(C)(O)C(C)(C)NC(=O)C1CCCOC1. The van der Waals surface area contributed by atoms with E-state index in [2.05, 4.69) is 5.32 Å². The molecule has 0 radical (unpaired) electrons. The minimum absolute atomic E-state index is 0.0215. The third-order valence-corrected chi connectivity index (χ3v) is 3.50. The quantitative estimate of drug-likeness (QED) is 0.761. The molecule has 0 bridgehead atoms. The van der Waals surface area contributed by atoms with Crippen molar-refractivity contribution in [1.29, 1.82) is 0 Å². The van der Waals surface area contributed by atoms with E-state index in [0.717, 1.165) is 19.4 Å². The summed E-state index contributed by atoms with van der Waals surface area (Å²) < 4.78 is 5.28. The third kappa shape index (κ3) is 3.19. The molecule has 0 aliphatic carbocycles. The summed E-state index contributed by atoms with van der Waals surface area (Å²) >= 11 is 0. The summed E-state index contributed by atoms with van der Waals surface area (Å²) in [6.45, 7) is 8.30. The number of carbonyl (C=O) groups is 1. The Balaban J connectivity index is 2.56. The standard InChI is InChI=1S/C12H23NO3/c1-11(2,12(3,4)15)13-10(14)9-6-5-7-16-8-9/h9,15H,5-8H2,1-4H3,(H,13,14). The van der Waals surface area contributed by atoms with Gasteiger partial charge >= 0.3 is 0 Å². The molecular formula is C12H23NO3. The average molecular weight is 229 g/mol. The van der Waals surface area contributed by atoms with E-state index >= 15 is 0 Å². The Morgan fingerprint density at radius 1 is 1.38 bits per heavy atom. The first-order chi connectivity index (χ1) is 7.24. The molecule has 1 aliphatic rings. The first-order valence-electron chi connectivity index (χ1n) is 5.86. The smallest absolute Gasteiger partial charge is 0.225 e. The van der Waals surface area contributed by atoms with Crippen molar-refractivity contribution in [2.75, 3.05) is 13.2 Å². The topological polar surface area (TPSA) is 58.6 Å². The van der Waals surface area contributed by atoms with E-state index < -0.39 is 11.1 Å². The highest BCUT2D eigenvalue weighted by molar-refractivity contribution is 5.79. The minimum atomic E-state index is -0.946. The van der Waals surface area contributed by atoms with Crippen molar-refractivity contribution >= 4 is 5.91 Å². The molecule has 4 heteroatoms. The summed E-state index contributed by atoms with van der Waals surface area (Å²) in [6, 6.07) is 0. The Bertz CT molecular complexity index is 249. The van der Waals surface area contributed by atoms with Gasteiger partial charge in [-0.2, -0.15) is 0 Å².